The van der Waals surface area contributed by atoms with Crippen LogP contribution < -0.4 is 10.2 Å². The maximum absolute atomic E-state index is 14.7. The Kier molecular flexibility index (Phi) is 5.18. The van der Waals surface area contributed by atoms with Crippen LogP contribution in [0.3, 0.4) is 0 Å². The second kappa shape index (κ2) is 7.26. The Morgan fingerprint density at radius 2 is 2.15 bits per heavy atom. The average Bonchev–Trinajstić information content (AvgIpc) is 3.05. The van der Waals surface area contributed by atoms with Crippen LogP contribution in [0.25, 0.3) is 0 Å². The number of cyclic esters (lactones) is 1. The van der Waals surface area contributed by atoms with E-state index in [0.717, 1.165) is 0 Å². The lowest BCUT2D eigenvalue weighted by atomic mass is 9.92. The largest absolute Gasteiger partial charge is 0.434 e. The van der Waals surface area contributed by atoms with E-state index < -0.39 is 38.8 Å². The Hall–Kier alpha value is -2.49. The lowest BCUT2D eigenvalue weighted by molar-refractivity contribution is -0.127. The summed E-state index contributed by atoms with van der Waals surface area (Å²) in [5.41, 5.74) is 0.599. The predicted molar refractivity (Wildman–Crippen MR) is 96.4 cm³/mol. The summed E-state index contributed by atoms with van der Waals surface area (Å²) < 4.78 is 35.6. The van der Waals surface area contributed by atoms with Crippen LogP contribution in [-0.2, 0) is 24.1 Å². The molecule has 10 heteroatoms. The van der Waals surface area contributed by atoms with Crippen molar-refractivity contribution in [3.63, 3.8) is 0 Å². The van der Waals surface area contributed by atoms with Crippen LogP contribution in [0, 0.1) is 5.82 Å². The maximum atomic E-state index is 14.7. The van der Waals surface area contributed by atoms with Crippen LogP contribution in [0.5, 0.6) is 0 Å². The van der Waals surface area contributed by atoms with Crippen molar-refractivity contribution in [2.24, 2.45) is 4.36 Å². The number of nitrogens with zero attached hydrogens (tertiary/aromatic N) is 2. The van der Waals surface area contributed by atoms with Gasteiger partial charge in [-0.25, -0.2) is 17.8 Å². The molecule has 2 aliphatic heterocycles. The molecule has 1 N–H and O–H groups in total. The molecule has 0 spiro atoms. The Morgan fingerprint density at radius 3 is 2.74 bits per heavy atom. The molecule has 2 heterocycles. The van der Waals surface area contributed by atoms with Crippen LogP contribution in [0.4, 0.5) is 14.9 Å². The first-order chi connectivity index (χ1) is 12.8. The molecule has 3 rings (SSSR count). The number of halogens is 1. The summed E-state index contributed by atoms with van der Waals surface area (Å²) in [6, 6.07) is 4.25. The molecule has 27 heavy (non-hydrogen) atoms. The first-order valence-corrected chi connectivity index (χ1v) is 10.1. The third kappa shape index (κ3) is 3.53. The number of anilines is 1. The fraction of sp³-hybridized carbons (Fsp3) is 0.471. The highest BCUT2D eigenvalue weighted by Crippen LogP contribution is 2.34. The van der Waals surface area contributed by atoms with Crippen LogP contribution >= 0.6 is 0 Å². The second-order valence-corrected chi connectivity index (χ2v) is 8.90. The van der Waals surface area contributed by atoms with Crippen molar-refractivity contribution in [3.05, 3.63) is 29.6 Å². The van der Waals surface area contributed by atoms with Crippen molar-refractivity contribution in [2.45, 2.75) is 24.9 Å². The minimum atomic E-state index is -2.85. The lowest BCUT2D eigenvalue weighted by Crippen LogP contribution is -2.35. The van der Waals surface area contributed by atoms with Crippen LogP contribution in [0.2, 0.25) is 0 Å². The van der Waals surface area contributed by atoms with Gasteiger partial charge in [0.05, 0.1) is 12.2 Å². The van der Waals surface area contributed by atoms with Gasteiger partial charge in [0.15, 0.2) is 6.10 Å². The number of carbonyl (C=O) groups is 3. The first-order valence-electron chi connectivity index (χ1n) is 8.44. The zero-order valence-corrected chi connectivity index (χ0v) is 15.8. The van der Waals surface area contributed by atoms with E-state index >= 15 is 0 Å². The van der Waals surface area contributed by atoms with Gasteiger partial charge in [0.25, 0.3) is 5.91 Å². The summed E-state index contributed by atoms with van der Waals surface area (Å²) in [5, 5.41) is 1.94. The number of carbonyl (C=O) groups excluding carboxylic acids is 3. The number of nitrogens with one attached hydrogen (secondary N) is 1. The summed E-state index contributed by atoms with van der Waals surface area (Å²) in [6.07, 6.45) is -1.32. The van der Waals surface area contributed by atoms with E-state index in [1.165, 1.54) is 31.1 Å². The molecule has 0 radical (unpaired) electrons. The summed E-state index contributed by atoms with van der Waals surface area (Å²) in [6.45, 7) is -0.0146. The van der Waals surface area contributed by atoms with E-state index in [4.69, 9.17) is 4.74 Å². The average molecular weight is 397 g/mol. The second-order valence-electron chi connectivity index (χ2n) is 6.39. The standard InChI is InChI=1S/C17H20FN3O5S/c1-19-16(23)14-9-21(17(24)26-14)11-3-4-12(13(18)8-11)10-5-6-27(25,20-2)15(22)7-10/h3-4,8,10,14H,5-7,9H2,1-2H3,(H,19,23)/t10-,14-,27-/m1/s1. The van der Waals surface area contributed by atoms with Gasteiger partial charge in [-0.05, 0) is 30.0 Å². The Morgan fingerprint density at radius 1 is 1.41 bits per heavy atom. The van der Waals surface area contributed by atoms with Gasteiger partial charge in [-0.15, -0.1) is 0 Å². The molecule has 2 aliphatic rings. The molecular formula is C17H20FN3O5S. The number of hydrogen-bond donors (Lipinski definition) is 1. The number of benzene rings is 1. The number of ether oxygens (including phenoxy) is 1. The molecule has 2 amide bonds. The van der Waals surface area contributed by atoms with Gasteiger partial charge < -0.3 is 10.1 Å². The Balaban J connectivity index is 1.79. The molecule has 1 aromatic carbocycles. The van der Waals surface area contributed by atoms with Crippen LogP contribution in [0.1, 0.15) is 24.3 Å². The SMILES string of the molecule is CN=[S@@]1(=O)CC[C@@H](c2ccc(N3C[C@H](C(=O)NC)OC3=O)cc2F)CC1=O. The van der Waals surface area contributed by atoms with Gasteiger partial charge in [-0.1, -0.05) is 6.07 Å². The first kappa shape index (κ1) is 19.3. The molecular weight excluding hydrogens is 377 g/mol. The highest BCUT2D eigenvalue weighted by Gasteiger charge is 2.37. The minimum absolute atomic E-state index is 0.0146. The van der Waals surface area contributed by atoms with Crippen LogP contribution in [-0.4, -0.2) is 53.8 Å². The minimum Gasteiger partial charge on any atom is -0.434 e. The molecule has 146 valence electrons. The fourth-order valence-electron chi connectivity index (χ4n) is 3.29. The van der Waals surface area contributed by atoms with Gasteiger partial charge in [0.1, 0.15) is 15.5 Å². The number of amides is 2. The van der Waals surface area contributed by atoms with E-state index in [2.05, 4.69) is 9.68 Å². The monoisotopic (exact) mass is 397 g/mol. The Labute approximate surface area is 156 Å². The molecule has 2 saturated heterocycles. The zero-order valence-electron chi connectivity index (χ0n) is 14.9. The normalized spacial score (nSPS) is 28.0. The highest BCUT2D eigenvalue weighted by molar-refractivity contribution is 8.08. The topological polar surface area (TPSA) is 105 Å². The van der Waals surface area contributed by atoms with Gasteiger partial charge in [0.2, 0.25) is 5.12 Å². The summed E-state index contributed by atoms with van der Waals surface area (Å²) in [4.78, 5) is 36.9. The van der Waals surface area contributed by atoms with E-state index in [-0.39, 0.29) is 30.3 Å². The van der Waals surface area contributed by atoms with Crippen molar-refractivity contribution >= 4 is 32.5 Å². The van der Waals surface area contributed by atoms with Gasteiger partial charge >= 0.3 is 6.09 Å². The van der Waals surface area contributed by atoms with Crippen molar-refractivity contribution in [3.8, 4) is 0 Å². The molecule has 1 aromatic rings. The third-order valence-electron chi connectivity index (χ3n) is 4.89. The number of likely N-dealkylation sites (N-methyl/N-ethyl adjacent to an activating group) is 1. The molecule has 2 fully saturated rings. The smallest absolute Gasteiger partial charge is 0.415 e. The molecule has 0 saturated carbocycles. The Bertz CT molecular complexity index is 925. The molecule has 0 bridgehead atoms. The molecule has 0 unspecified atom stereocenters. The maximum Gasteiger partial charge on any atom is 0.415 e. The van der Waals surface area contributed by atoms with Gasteiger partial charge in [0, 0.05) is 26.3 Å². The molecule has 8 nitrogen and oxygen atoms in total. The highest BCUT2D eigenvalue weighted by atomic mass is 32.2. The quantitative estimate of drug-likeness (QED) is 0.830. The van der Waals surface area contributed by atoms with Gasteiger partial charge in [-0.2, -0.15) is 0 Å². The van der Waals surface area contributed by atoms with E-state index in [1.807, 2.05) is 0 Å². The number of rotatable bonds is 3. The number of hydrogen-bond acceptors (Lipinski definition) is 6. The van der Waals surface area contributed by atoms with Crippen molar-refractivity contribution in [1.82, 2.24) is 5.32 Å². The van der Waals surface area contributed by atoms with Crippen molar-refractivity contribution in [2.75, 3.05) is 31.3 Å². The van der Waals surface area contributed by atoms with Crippen molar-refractivity contribution < 1.29 is 27.7 Å². The molecule has 0 aromatic heterocycles. The molecule has 3 atom stereocenters. The van der Waals surface area contributed by atoms with Gasteiger partial charge in [-0.3, -0.25) is 14.5 Å². The summed E-state index contributed by atoms with van der Waals surface area (Å²) >= 11 is 0. The third-order valence-corrected chi connectivity index (χ3v) is 7.15. The summed E-state index contributed by atoms with van der Waals surface area (Å²) in [5.74, 6) is -1.27. The summed E-state index contributed by atoms with van der Waals surface area (Å²) in [7, 11) is -0.0579. The molecule has 0 aliphatic carbocycles. The lowest BCUT2D eigenvalue weighted by Gasteiger charge is -2.24. The van der Waals surface area contributed by atoms with Crippen molar-refractivity contribution in [1.29, 1.82) is 0 Å². The van der Waals surface area contributed by atoms with E-state index in [9.17, 15) is 23.0 Å². The fourth-order valence-corrected chi connectivity index (χ4v) is 4.97. The zero-order chi connectivity index (χ0) is 19.8. The van der Waals surface area contributed by atoms with E-state index in [0.29, 0.717) is 12.0 Å². The van der Waals surface area contributed by atoms with E-state index in [1.54, 1.807) is 6.07 Å². The predicted octanol–water partition coefficient (Wildman–Crippen LogP) is 1.40. The van der Waals surface area contributed by atoms with Crippen LogP contribution in [0.15, 0.2) is 22.6 Å².